The fraction of sp³-hybridized carbons (Fsp3) is 0.467. The summed E-state index contributed by atoms with van der Waals surface area (Å²) in [6, 6.07) is 3.96. The molecule has 0 atom stereocenters. The molecule has 0 bridgehead atoms. The van der Waals surface area contributed by atoms with Gasteiger partial charge in [0.15, 0.2) is 5.65 Å². The smallest absolute Gasteiger partial charge is 0.177 e. The highest BCUT2D eigenvalue weighted by atomic mass is 16.5. The second kappa shape index (κ2) is 5.62. The zero-order valence-electron chi connectivity index (χ0n) is 13.3. The maximum Gasteiger partial charge on any atom is 0.177 e. The average Bonchev–Trinajstić information content (AvgIpc) is 3.16. The molecule has 3 aromatic rings. The molecule has 0 N–H and O–H groups in total. The summed E-state index contributed by atoms with van der Waals surface area (Å²) in [6.07, 6.45) is 1.63. The standard InChI is InChI=1S/C15H19N7O/c1-11-13(12(2)23-19-11)9-20-5-7-21(8-6-20)15-4-3-14-17-16-10-22(14)18-15/h3-4,10H,5-9H2,1-2H3. The van der Waals surface area contributed by atoms with E-state index in [1.54, 1.807) is 10.8 Å². The molecule has 120 valence electrons. The Morgan fingerprint density at radius 1 is 1.13 bits per heavy atom. The number of anilines is 1. The van der Waals surface area contributed by atoms with Gasteiger partial charge in [0.1, 0.15) is 17.9 Å². The Balaban J connectivity index is 1.42. The number of nitrogens with zero attached hydrogens (tertiary/aromatic N) is 7. The third kappa shape index (κ3) is 2.65. The Kier molecular flexibility index (Phi) is 3.45. The van der Waals surface area contributed by atoms with Crippen molar-refractivity contribution in [1.29, 1.82) is 0 Å². The zero-order valence-corrected chi connectivity index (χ0v) is 13.3. The molecule has 8 heteroatoms. The monoisotopic (exact) mass is 313 g/mol. The molecule has 0 radical (unpaired) electrons. The van der Waals surface area contributed by atoms with E-state index in [1.807, 2.05) is 26.0 Å². The average molecular weight is 313 g/mol. The van der Waals surface area contributed by atoms with E-state index in [4.69, 9.17) is 4.52 Å². The van der Waals surface area contributed by atoms with Crippen LogP contribution in [0.15, 0.2) is 23.0 Å². The van der Waals surface area contributed by atoms with E-state index in [9.17, 15) is 0 Å². The lowest BCUT2D eigenvalue weighted by molar-refractivity contribution is 0.247. The molecule has 0 spiro atoms. The fourth-order valence-electron chi connectivity index (χ4n) is 2.97. The van der Waals surface area contributed by atoms with Gasteiger partial charge in [0.25, 0.3) is 0 Å². The van der Waals surface area contributed by atoms with Crippen LogP contribution < -0.4 is 4.90 Å². The number of hydrogen-bond donors (Lipinski definition) is 0. The van der Waals surface area contributed by atoms with Crippen molar-refractivity contribution in [3.63, 3.8) is 0 Å². The van der Waals surface area contributed by atoms with Crippen molar-refractivity contribution >= 4 is 11.5 Å². The summed E-state index contributed by atoms with van der Waals surface area (Å²) in [4.78, 5) is 4.73. The van der Waals surface area contributed by atoms with Crippen LogP contribution in [0.1, 0.15) is 17.0 Å². The molecule has 1 saturated heterocycles. The predicted octanol–water partition coefficient (Wildman–Crippen LogP) is 1.05. The minimum atomic E-state index is 0.769. The quantitative estimate of drug-likeness (QED) is 0.715. The van der Waals surface area contributed by atoms with Crippen LogP contribution in [0.2, 0.25) is 0 Å². The molecule has 1 fully saturated rings. The Bertz CT molecular complexity index is 797. The first-order valence-electron chi connectivity index (χ1n) is 7.77. The molecule has 1 aliphatic heterocycles. The van der Waals surface area contributed by atoms with Crippen molar-refractivity contribution in [3.05, 3.63) is 35.5 Å². The highest BCUT2D eigenvalue weighted by Gasteiger charge is 2.21. The second-order valence-corrected chi connectivity index (χ2v) is 5.89. The number of piperazine rings is 1. The molecule has 23 heavy (non-hydrogen) atoms. The van der Waals surface area contributed by atoms with Gasteiger partial charge in [-0.1, -0.05) is 5.16 Å². The maximum atomic E-state index is 5.25. The molecule has 4 rings (SSSR count). The minimum absolute atomic E-state index is 0.769. The molecule has 1 aliphatic rings. The lowest BCUT2D eigenvalue weighted by Gasteiger charge is -2.35. The van der Waals surface area contributed by atoms with Gasteiger partial charge in [0.2, 0.25) is 0 Å². The van der Waals surface area contributed by atoms with Crippen LogP contribution in [0, 0.1) is 13.8 Å². The van der Waals surface area contributed by atoms with Crippen LogP contribution in [0.25, 0.3) is 5.65 Å². The zero-order chi connectivity index (χ0) is 15.8. The van der Waals surface area contributed by atoms with Crippen LogP contribution >= 0.6 is 0 Å². The summed E-state index contributed by atoms with van der Waals surface area (Å²) < 4.78 is 6.96. The third-order valence-electron chi connectivity index (χ3n) is 4.41. The van der Waals surface area contributed by atoms with Gasteiger partial charge in [-0.15, -0.1) is 15.3 Å². The number of aryl methyl sites for hydroxylation is 2. The van der Waals surface area contributed by atoms with Crippen molar-refractivity contribution in [2.75, 3.05) is 31.1 Å². The van der Waals surface area contributed by atoms with Gasteiger partial charge in [0.05, 0.1) is 5.69 Å². The molecule has 8 nitrogen and oxygen atoms in total. The van der Waals surface area contributed by atoms with Crippen LogP contribution in [-0.2, 0) is 6.54 Å². The molecule has 0 saturated carbocycles. The molecule has 0 unspecified atom stereocenters. The SMILES string of the molecule is Cc1noc(C)c1CN1CCN(c2ccc3nncn3n2)CC1. The first-order chi connectivity index (χ1) is 11.2. The van der Waals surface area contributed by atoms with E-state index in [2.05, 4.69) is 30.3 Å². The van der Waals surface area contributed by atoms with E-state index in [0.29, 0.717) is 0 Å². The second-order valence-electron chi connectivity index (χ2n) is 5.89. The number of rotatable bonds is 3. The number of aromatic nitrogens is 5. The molecule has 4 heterocycles. The van der Waals surface area contributed by atoms with Crippen LogP contribution in [-0.4, -0.2) is 56.0 Å². The van der Waals surface area contributed by atoms with Gasteiger partial charge < -0.3 is 9.42 Å². The summed E-state index contributed by atoms with van der Waals surface area (Å²) >= 11 is 0. The first kappa shape index (κ1) is 14.1. The highest BCUT2D eigenvalue weighted by molar-refractivity contribution is 5.45. The Hall–Kier alpha value is -2.48. The Labute approximate surface area is 133 Å². The largest absolute Gasteiger partial charge is 0.361 e. The van der Waals surface area contributed by atoms with E-state index in [1.165, 1.54) is 5.56 Å². The van der Waals surface area contributed by atoms with Crippen LogP contribution in [0.5, 0.6) is 0 Å². The van der Waals surface area contributed by atoms with Gasteiger partial charge in [-0.25, -0.2) is 0 Å². The van der Waals surface area contributed by atoms with E-state index >= 15 is 0 Å². The molecular weight excluding hydrogens is 294 g/mol. The van der Waals surface area contributed by atoms with E-state index in [-0.39, 0.29) is 0 Å². The van der Waals surface area contributed by atoms with Crippen molar-refractivity contribution in [2.24, 2.45) is 0 Å². The van der Waals surface area contributed by atoms with Crippen LogP contribution in [0.3, 0.4) is 0 Å². The molecule has 0 amide bonds. The minimum Gasteiger partial charge on any atom is -0.361 e. The van der Waals surface area contributed by atoms with E-state index < -0.39 is 0 Å². The third-order valence-corrected chi connectivity index (χ3v) is 4.41. The summed E-state index contributed by atoms with van der Waals surface area (Å²) in [5.74, 6) is 1.89. The highest BCUT2D eigenvalue weighted by Crippen LogP contribution is 2.18. The fourth-order valence-corrected chi connectivity index (χ4v) is 2.97. The first-order valence-corrected chi connectivity index (χ1v) is 7.77. The number of fused-ring (bicyclic) bond motifs is 1. The van der Waals surface area contributed by atoms with Gasteiger partial charge in [-0.3, -0.25) is 4.90 Å². The van der Waals surface area contributed by atoms with Crippen molar-refractivity contribution < 1.29 is 4.52 Å². The van der Waals surface area contributed by atoms with Gasteiger partial charge in [-0.05, 0) is 26.0 Å². The number of hydrogen-bond acceptors (Lipinski definition) is 7. The molecule has 0 aromatic carbocycles. The Morgan fingerprint density at radius 2 is 1.96 bits per heavy atom. The van der Waals surface area contributed by atoms with Crippen molar-refractivity contribution in [3.8, 4) is 0 Å². The van der Waals surface area contributed by atoms with E-state index in [0.717, 1.165) is 55.6 Å². The summed E-state index contributed by atoms with van der Waals surface area (Å²) in [5, 5.41) is 16.4. The summed E-state index contributed by atoms with van der Waals surface area (Å²) in [7, 11) is 0. The van der Waals surface area contributed by atoms with Crippen LogP contribution in [0.4, 0.5) is 5.82 Å². The lowest BCUT2D eigenvalue weighted by atomic mass is 10.2. The van der Waals surface area contributed by atoms with Gasteiger partial charge in [0, 0.05) is 38.3 Å². The molecule has 0 aliphatic carbocycles. The lowest BCUT2D eigenvalue weighted by Crippen LogP contribution is -2.46. The predicted molar refractivity (Wildman–Crippen MR) is 84.2 cm³/mol. The van der Waals surface area contributed by atoms with Crippen molar-refractivity contribution in [1.82, 2.24) is 29.9 Å². The van der Waals surface area contributed by atoms with Gasteiger partial charge >= 0.3 is 0 Å². The van der Waals surface area contributed by atoms with Gasteiger partial charge in [-0.2, -0.15) is 4.52 Å². The summed E-state index contributed by atoms with van der Waals surface area (Å²) in [6.45, 7) is 8.75. The topological polar surface area (TPSA) is 75.6 Å². The molecular formula is C15H19N7O. The summed E-state index contributed by atoms with van der Waals surface area (Å²) in [5.41, 5.74) is 2.97. The van der Waals surface area contributed by atoms with Crippen molar-refractivity contribution in [2.45, 2.75) is 20.4 Å². The molecule has 3 aromatic heterocycles. The maximum absolute atomic E-state index is 5.25. The normalized spacial score (nSPS) is 16.3. The Morgan fingerprint density at radius 3 is 2.70 bits per heavy atom.